The number of thiazole rings is 1. The average molecular weight is 369 g/mol. The molecule has 5 nitrogen and oxygen atoms in total. The molecule has 0 unspecified atom stereocenters. The molecule has 1 aromatic carbocycles. The molecule has 0 saturated carbocycles. The quantitative estimate of drug-likeness (QED) is 0.850. The zero-order valence-corrected chi connectivity index (χ0v) is 13.6. The number of amides is 1. The van der Waals surface area contributed by atoms with Gasteiger partial charge in [0.1, 0.15) is 0 Å². The second kappa shape index (κ2) is 6.82. The molecule has 2 N–H and O–H groups in total. The molecule has 0 bridgehead atoms. The van der Waals surface area contributed by atoms with Crippen LogP contribution < -0.4 is 5.32 Å². The number of hydrogen-bond acceptors (Lipinski definition) is 4. The van der Waals surface area contributed by atoms with E-state index in [1.807, 2.05) is 13.0 Å². The highest BCUT2D eigenvalue weighted by atomic mass is 79.9. The molecular weight excluding hydrogens is 356 g/mol. The number of carbonyl (C=O) groups is 2. The van der Waals surface area contributed by atoms with E-state index in [0.717, 1.165) is 10.0 Å². The van der Waals surface area contributed by atoms with Crippen molar-refractivity contribution in [1.29, 1.82) is 0 Å². The van der Waals surface area contributed by atoms with Crippen LogP contribution >= 0.6 is 27.3 Å². The maximum Gasteiger partial charge on any atom is 0.355 e. The number of halogens is 1. The Kier molecular flexibility index (Phi) is 5.08. The summed E-state index contributed by atoms with van der Waals surface area (Å²) in [6.07, 6.45) is 0.511. The second-order valence-electron chi connectivity index (χ2n) is 4.40. The summed E-state index contributed by atoms with van der Waals surface area (Å²) in [4.78, 5) is 26.6. The predicted octanol–water partition coefficient (Wildman–Crippen LogP) is 2.88. The van der Waals surface area contributed by atoms with Gasteiger partial charge >= 0.3 is 5.97 Å². The Morgan fingerprint density at radius 3 is 2.81 bits per heavy atom. The molecule has 0 aliphatic rings. The first-order chi connectivity index (χ1) is 9.97. The monoisotopic (exact) mass is 368 g/mol. The van der Waals surface area contributed by atoms with Gasteiger partial charge in [-0.1, -0.05) is 22.0 Å². The Labute approximate surface area is 134 Å². The SMILES string of the molecule is Cc1ccc(C(=O)NCCc2nc(C(=O)O)cs2)cc1Br. The molecule has 21 heavy (non-hydrogen) atoms. The lowest BCUT2D eigenvalue weighted by Gasteiger charge is -2.05. The lowest BCUT2D eigenvalue weighted by molar-refractivity contribution is 0.0690. The van der Waals surface area contributed by atoms with Crippen molar-refractivity contribution in [2.45, 2.75) is 13.3 Å². The number of carbonyl (C=O) groups excluding carboxylic acids is 1. The number of rotatable bonds is 5. The Morgan fingerprint density at radius 1 is 1.43 bits per heavy atom. The molecule has 1 aromatic heterocycles. The molecule has 0 fully saturated rings. The minimum absolute atomic E-state index is 0.0452. The first-order valence-electron chi connectivity index (χ1n) is 6.19. The fraction of sp³-hybridized carbons (Fsp3) is 0.214. The van der Waals surface area contributed by atoms with Crippen LogP contribution in [0.4, 0.5) is 0 Å². The summed E-state index contributed by atoms with van der Waals surface area (Å²) in [6.45, 7) is 2.37. The smallest absolute Gasteiger partial charge is 0.355 e. The molecule has 1 amide bonds. The number of nitrogens with one attached hydrogen (secondary N) is 1. The standard InChI is InChI=1S/C14H13BrN2O3S/c1-8-2-3-9(6-10(8)15)13(18)16-5-4-12-17-11(7-21-12)14(19)20/h2-3,6-7H,4-5H2,1H3,(H,16,18)(H,19,20). The summed E-state index contributed by atoms with van der Waals surface area (Å²) in [5, 5.41) is 13.8. The summed E-state index contributed by atoms with van der Waals surface area (Å²) < 4.78 is 0.890. The van der Waals surface area contributed by atoms with Gasteiger partial charge in [0.05, 0.1) is 5.01 Å². The van der Waals surface area contributed by atoms with Crippen molar-refractivity contribution in [3.05, 3.63) is 49.9 Å². The van der Waals surface area contributed by atoms with Crippen LogP contribution in [0, 0.1) is 6.92 Å². The lowest BCUT2D eigenvalue weighted by Crippen LogP contribution is -2.25. The molecule has 2 rings (SSSR count). The zero-order chi connectivity index (χ0) is 15.4. The van der Waals surface area contributed by atoms with Crippen LogP contribution in [0.3, 0.4) is 0 Å². The number of hydrogen-bond donors (Lipinski definition) is 2. The van der Waals surface area contributed by atoms with Gasteiger partial charge < -0.3 is 10.4 Å². The Hall–Kier alpha value is -1.73. The van der Waals surface area contributed by atoms with Crippen molar-refractivity contribution in [3.63, 3.8) is 0 Å². The molecule has 0 spiro atoms. The summed E-state index contributed by atoms with van der Waals surface area (Å²) in [5.74, 6) is -1.20. The molecule has 110 valence electrons. The number of aryl methyl sites for hydroxylation is 1. The van der Waals surface area contributed by atoms with Crippen LogP contribution in [0.1, 0.15) is 31.4 Å². The molecule has 1 heterocycles. The van der Waals surface area contributed by atoms with E-state index in [9.17, 15) is 9.59 Å². The average Bonchev–Trinajstić information content (AvgIpc) is 2.91. The van der Waals surface area contributed by atoms with Gasteiger partial charge in [0.15, 0.2) is 5.69 Å². The van der Waals surface area contributed by atoms with Gasteiger partial charge in [0.2, 0.25) is 0 Å². The van der Waals surface area contributed by atoms with Crippen molar-refractivity contribution < 1.29 is 14.7 Å². The van der Waals surface area contributed by atoms with E-state index >= 15 is 0 Å². The van der Waals surface area contributed by atoms with Crippen LogP contribution in [-0.4, -0.2) is 28.5 Å². The molecule has 0 aliphatic heterocycles. The van der Waals surface area contributed by atoms with Crippen LogP contribution in [-0.2, 0) is 6.42 Å². The molecule has 0 saturated heterocycles. The Morgan fingerprint density at radius 2 is 2.19 bits per heavy atom. The maximum absolute atomic E-state index is 12.0. The lowest BCUT2D eigenvalue weighted by atomic mass is 10.1. The van der Waals surface area contributed by atoms with Crippen LogP contribution in [0.2, 0.25) is 0 Å². The van der Waals surface area contributed by atoms with Gasteiger partial charge in [-0.05, 0) is 24.6 Å². The number of aromatic nitrogens is 1. The molecule has 0 aliphatic carbocycles. The van der Waals surface area contributed by atoms with E-state index in [1.165, 1.54) is 16.7 Å². The number of benzene rings is 1. The third kappa shape index (κ3) is 4.12. The molecule has 2 aromatic rings. The van der Waals surface area contributed by atoms with Crippen molar-refractivity contribution >= 4 is 39.1 Å². The Bertz CT molecular complexity index is 685. The number of nitrogens with zero attached hydrogens (tertiary/aromatic N) is 1. The van der Waals surface area contributed by atoms with Gasteiger partial charge in [-0.2, -0.15) is 0 Å². The van der Waals surface area contributed by atoms with Crippen molar-refractivity contribution in [3.8, 4) is 0 Å². The fourth-order valence-corrected chi connectivity index (χ4v) is 2.79. The number of carboxylic acids is 1. The van der Waals surface area contributed by atoms with Crippen LogP contribution in [0.5, 0.6) is 0 Å². The summed E-state index contributed by atoms with van der Waals surface area (Å²) >= 11 is 4.67. The normalized spacial score (nSPS) is 10.4. The molecule has 0 radical (unpaired) electrons. The Balaban J connectivity index is 1.88. The summed E-state index contributed by atoms with van der Waals surface area (Å²) in [7, 11) is 0. The third-order valence-corrected chi connectivity index (χ3v) is 4.59. The first-order valence-corrected chi connectivity index (χ1v) is 7.86. The highest BCUT2D eigenvalue weighted by Crippen LogP contribution is 2.17. The number of aromatic carboxylic acids is 1. The topological polar surface area (TPSA) is 79.3 Å². The van der Waals surface area contributed by atoms with Gasteiger partial charge in [0.25, 0.3) is 5.91 Å². The van der Waals surface area contributed by atoms with Gasteiger partial charge in [-0.15, -0.1) is 11.3 Å². The fourth-order valence-electron chi connectivity index (χ4n) is 1.64. The van der Waals surface area contributed by atoms with Crippen molar-refractivity contribution in [2.75, 3.05) is 6.54 Å². The van der Waals surface area contributed by atoms with E-state index in [-0.39, 0.29) is 11.6 Å². The van der Waals surface area contributed by atoms with Gasteiger partial charge in [0, 0.05) is 28.4 Å². The van der Waals surface area contributed by atoms with Crippen molar-refractivity contribution in [2.24, 2.45) is 0 Å². The molecular formula is C14H13BrN2O3S. The van der Waals surface area contributed by atoms with Crippen LogP contribution in [0.15, 0.2) is 28.1 Å². The maximum atomic E-state index is 12.0. The van der Waals surface area contributed by atoms with E-state index in [0.29, 0.717) is 23.5 Å². The van der Waals surface area contributed by atoms with E-state index in [2.05, 4.69) is 26.2 Å². The zero-order valence-electron chi connectivity index (χ0n) is 11.2. The number of carboxylic acid groups (broad SMARTS) is 1. The predicted molar refractivity (Wildman–Crippen MR) is 84.0 cm³/mol. The van der Waals surface area contributed by atoms with E-state index in [1.54, 1.807) is 12.1 Å². The molecule has 7 heteroatoms. The summed E-state index contributed by atoms with van der Waals surface area (Å²) in [6, 6.07) is 5.41. The highest BCUT2D eigenvalue weighted by molar-refractivity contribution is 9.10. The minimum atomic E-state index is -1.04. The van der Waals surface area contributed by atoms with E-state index < -0.39 is 5.97 Å². The summed E-state index contributed by atoms with van der Waals surface area (Å²) in [5.41, 5.74) is 1.69. The highest BCUT2D eigenvalue weighted by Gasteiger charge is 2.10. The second-order valence-corrected chi connectivity index (χ2v) is 6.20. The first kappa shape index (κ1) is 15.7. The van der Waals surface area contributed by atoms with E-state index in [4.69, 9.17) is 5.11 Å². The van der Waals surface area contributed by atoms with Gasteiger partial charge in [-0.25, -0.2) is 9.78 Å². The molecule has 0 atom stereocenters. The minimum Gasteiger partial charge on any atom is -0.476 e. The largest absolute Gasteiger partial charge is 0.476 e. The van der Waals surface area contributed by atoms with Gasteiger partial charge in [-0.3, -0.25) is 4.79 Å². The van der Waals surface area contributed by atoms with Crippen LogP contribution in [0.25, 0.3) is 0 Å². The third-order valence-electron chi connectivity index (χ3n) is 2.83. The van der Waals surface area contributed by atoms with Crippen molar-refractivity contribution in [1.82, 2.24) is 10.3 Å².